The molecule has 2 heteroatoms. The van der Waals surface area contributed by atoms with Gasteiger partial charge in [0, 0.05) is 5.41 Å². The molecule has 0 aliphatic heterocycles. The van der Waals surface area contributed by atoms with Crippen molar-refractivity contribution in [1.29, 1.82) is 0 Å². The fraction of sp³-hybridized carbons (Fsp3) is 1.00. The minimum absolute atomic E-state index is 0.126. The van der Waals surface area contributed by atoms with Crippen LogP contribution in [0.5, 0.6) is 0 Å². The molecule has 0 aromatic heterocycles. The topological polar surface area (TPSA) is 40.5 Å². The third kappa shape index (κ3) is 4.63. The SMILES string of the molecule is CCCCCC(CO)(CO)CCC. The van der Waals surface area contributed by atoms with E-state index < -0.39 is 0 Å². The van der Waals surface area contributed by atoms with Crippen LogP contribution in [-0.2, 0) is 0 Å². The smallest absolute Gasteiger partial charge is 0.0509 e. The minimum Gasteiger partial charge on any atom is -0.396 e. The zero-order valence-electron chi connectivity index (χ0n) is 9.05. The van der Waals surface area contributed by atoms with Crippen LogP contribution in [0.2, 0.25) is 0 Å². The largest absolute Gasteiger partial charge is 0.396 e. The Morgan fingerprint density at radius 1 is 0.846 bits per heavy atom. The quantitative estimate of drug-likeness (QED) is 0.574. The van der Waals surface area contributed by atoms with E-state index in [1.54, 1.807) is 0 Å². The number of hydrogen-bond acceptors (Lipinski definition) is 2. The maximum atomic E-state index is 9.25. The molecule has 0 bridgehead atoms. The lowest BCUT2D eigenvalue weighted by molar-refractivity contribution is 0.0370. The van der Waals surface area contributed by atoms with E-state index in [0.29, 0.717) is 0 Å². The Labute approximate surface area is 82.0 Å². The summed E-state index contributed by atoms with van der Waals surface area (Å²) in [5, 5.41) is 18.5. The van der Waals surface area contributed by atoms with Crippen molar-refractivity contribution < 1.29 is 10.2 Å². The number of rotatable bonds is 8. The van der Waals surface area contributed by atoms with Gasteiger partial charge in [0.2, 0.25) is 0 Å². The van der Waals surface area contributed by atoms with Gasteiger partial charge in [0.25, 0.3) is 0 Å². The molecule has 0 aromatic carbocycles. The summed E-state index contributed by atoms with van der Waals surface area (Å²) in [6, 6.07) is 0. The maximum absolute atomic E-state index is 9.25. The summed E-state index contributed by atoms with van der Waals surface area (Å²) in [5.74, 6) is 0. The van der Waals surface area contributed by atoms with Gasteiger partial charge in [-0.3, -0.25) is 0 Å². The average Bonchev–Trinajstić information content (AvgIpc) is 2.17. The number of aliphatic hydroxyl groups excluding tert-OH is 2. The van der Waals surface area contributed by atoms with Gasteiger partial charge >= 0.3 is 0 Å². The van der Waals surface area contributed by atoms with E-state index >= 15 is 0 Å². The molecule has 13 heavy (non-hydrogen) atoms. The zero-order chi connectivity index (χ0) is 10.2. The fourth-order valence-electron chi connectivity index (χ4n) is 1.77. The Kier molecular flexibility index (Phi) is 7.29. The van der Waals surface area contributed by atoms with Gasteiger partial charge in [0.1, 0.15) is 0 Å². The number of aliphatic hydroxyl groups is 2. The first kappa shape index (κ1) is 12.9. The molecule has 0 aliphatic rings. The van der Waals surface area contributed by atoms with E-state index in [2.05, 4.69) is 13.8 Å². The minimum atomic E-state index is -0.204. The standard InChI is InChI=1S/C11H24O2/c1-3-5-6-8-11(9-12,10-13)7-4-2/h12-13H,3-10H2,1-2H3. The molecule has 0 unspecified atom stereocenters. The summed E-state index contributed by atoms with van der Waals surface area (Å²) in [4.78, 5) is 0. The second kappa shape index (κ2) is 7.34. The third-order valence-electron chi connectivity index (χ3n) is 2.76. The van der Waals surface area contributed by atoms with Crippen LogP contribution < -0.4 is 0 Å². The van der Waals surface area contributed by atoms with Crippen molar-refractivity contribution >= 4 is 0 Å². The second-order valence-corrected chi connectivity index (χ2v) is 4.02. The van der Waals surface area contributed by atoms with Crippen LogP contribution >= 0.6 is 0 Å². The highest BCUT2D eigenvalue weighted by Gasteiger charge is 2.26. The highest BCUT2D eigenvalue weighted by Crippen LogP contribution is 2.29. The van der Waals surface area contributed by atoms with Crippen LogP contribution in [0, 0.1) is 5.41 Å². The van der Waals surface area contributed by atoms with Crippen molar-refractivity contribution in [3.63, 3.8) is 0 Å². The van der Waals surface area contributed by atoms with Gasteiger partial charge in [-0.1, -0.05) is 39.5 Å². The monoisotopic (exact) mass is 188 g/mol. The van der Waals surface area contributed by atoms with Crippen molar-refractivity contribution in [2.75, 3.05) is 13.2 Å². The van der Waals surface area contributed by atoms with Crippen molar-refractivity contribution in [1.82, 2.24) is 0 Å². The lowest BCUT2D eigenvalue weighted by atomic mass is 9.80. The highest BCUT2D eigenvalue weighted by molar-refractivity contribution is 4.77. The van der Waals surface area contributed by atoms with Gasteiger partial charge < -0.3 is 10.2 Å². The molecule has 0 heterocycles. The number of hydrogen-bond donors (Lipinski definition) is 2. The molecule has 0 saturated heterocycles. The summed E-state index contributed by atoms with van der Waals surface area (Å²) in [7, 11) is 0. The Morgan fingerprint density at radius 2 is 1.46 bits per heavy atom. The van der Waals surface area contributed by atoms with Crippen molar-refractivity contribution in [2.24, 2.45) is 5.41 Å². The Bertz CT molecular complexity index is 109. The Balaban J connectivity index is 3.89. The normalized spacial score (nSPS) is 12.0. The van der Waals surface area contributed by atoms with Crippen molar-refractivity contribution in [3.8, 4) is 0 Å². The molecule has 0 aromatic rings. The van der Waals surface area contributed by atoms with Crippen LogP contribution in [0.3, 0.4) is 0 Å². The van der Waals surface area contributed by atoms with E-state index in [-0.39, 0.29) is 18.6 Å². The predicted molar refractivity (Wildman–Crippen MR) is 55.7 cm³/mol. The Morgan fingerprint density at radius 3 is 1.85 bits per heavy atom. The average molecular weight is 188 g/mol. The van der Waals surface area contributed by atoms with Crippen LogP contribution in [-0.4, -0.2) is 23.4 Å². The molecule has 0 aliphatic carbocycles. The van der Waals surface area contributed by atoms with Gasteiger partial charge in [0.05, 0.1) is 13.2 Å². The molecular weight excluding hydrogens is 164 g/mol. The van der Waals surface area contributed by atoms with E-state index in [4.69, 9.17) is 0 Å². The van der Waals surface area contributed by atoms with E-state index in [1.165, 1.54) is 12.8 Å². The van der Waals surface area contributed by atoms with Crippen molar-refractivity contribution in [2.45, 2.75) is 52.4 Å². The van der Waals surface area contributed by atoms with Gasteiger partial charge in [-0.15, -0.1) is 0 Å². The molecule has 0 rings (SSSR count). The van der Waals surface area contributed by atoms with Crippen LogP contribution in [0.4, 0.5) is 0 Å². The molecule has 0 spiro atoms. The predicted octanol–water partition coefficient (Wildman–Crippen LogP) is 2.34. The first-order valence-corrected chi connectivity index (χ1v) is 5.46. The summed E-state index contributed by atoms with van der Waals surface area (Å²) < 4.78 is 0. The molecular formula is C11H24O2. The fourth-order valence-corrected chi connectivity index (χ4v) is 1.77. The molecule has 0 atom stereocenters. The molecule has 0 saturated carbocycles. The second-order valence-electron chi connectivity index (χ2n) is 4.02. The summed E-state index contributed by atoms with van der Waals surface area (Å²) in [6.07, 6.45) is 6.45. The van der Waals surface area contributed by atoms with E-state index in [9.17, 15) is 10.2 Å². The van der Waals surface area contributed by atoms with Crippen LogP contribution in [0.25, 0.3) is 0 Å². The van der Waals surface area contributed by atoms with Gasteiger partial charge in [-0.2, -0.15) is 0 Å². The highest BCUT2D eigenvalue weighted by atomic mass is 16.3. The Hall–Kier alpha value is -0.0800. The maximum Gasteiger partial charge on any atom is 0.0509 e. The van der Waals surface area contributed by atoms with Gasteiger partial charge in [-0.25, -0.2) is 0 Å². The van der Waals surface area contributed by atoms with E-state index in [1.807, 2.05) is 0 Å². The molecule has 80 valence electrons. The van der Waals surface area contributed by atoms with Crippen molar-refractivity contribution in [3.05, 3.63) is 0 Å². The van der Waals surface area contributed by atoms with Crippen LogP contribution in [0.15, 0.2) is 0 Å². The third-order valence-corrected chi connectivity index (χ3v) is 2.76. The van der Waals surface area contributed by atoms with E-state index in [0.717, 1.165) is 25.7 Å². The van der Waals surface area contributed by atoms with Gasteiger partial charge in [0.15, 0.2) is 0 Å². The molecule has 0 fully saturated rings. The first-order valence-electron chi connectivity index (χ1n) is 5.46. The molecule has 2 N–H and O–H groups in total. The lowest BCUT2D eigenvalue weighted by Crippen LogP contribution is -2.29. The summed E-state index contributed by atoms with van der Waals surface area (Å²) >= 11 is 0. The molecule has 2 nitrogen and oxygen atoms in total. The summed E-state index contributed by atoms with van der Waals surface area (Å²) in [6.45, 7) is 4.52. The van der Waals surface area contributed by atoms with Crippen LogP contribution in [0.1, 0.15) is 52.4 Å². The lowest BCUT2D eigenvalue weighted by Gasteiger charge is -2.29. The number of unbranched alkanes of at least 4 members (excludes halogenated alkanes) is 2. The first-order chi connectivity index (χ1) is 6.24. The van der Waals surface area contributed by atoms with Gasteiger partial charge in [-0.05, 0) is 12.8 Å². The molecule has 0 radical (unpaired) electrons. The summed E-state index contributed by atoms with van der Waals surface area (Å²) in [5.41, 5.74) is -0.204. The zero-order valence-corrected chi connectivity index (χ0v) is 9.05. The molecule has 0 amide bonds.